The fourth-order valence-corrected chi connectivity index (χ4v) is 1.39. The Bertz CT molecular complexity index is 197. The first-order valence-electron chi connectivity index (χ1n) is 3.78. The topological polar surface area (TPSA) is 38.4 Å². The molecule has 0 aromatic rings. The molecule has 0 spiro atoms. The van der Waals surface area contributed by atoms with Gasteiger partial charge >= 0.3 is 6.18 Å². The Morgan fingerprint density at radius 1 is 1.50 bits per heavy atom. The van der Waals surface area contributed by atoms with Crippen LogP contribution in [0, 0.1) is 5.92 Å². The highest BCUT2D eigenvalue weighted by molar-refractivity contribution is 5.81. The van der Waals surface area contributed by atoms with E-state index in [9.17, 15) is 13.2 Å². The average molecular weight is 180 g/mol. The SMILES string of the molecule is CC1CC(C(F)(F)F)CC(N)=N1. The van der Waals surface area contributed by atoms with Crippen molar-refractivity contribution in [2.45, 2.75) is 32.0 Å². The van der Waals surface area contributed by atoms with Crippen LogP contribution >= 0.6 is 0 Å². The Morgan fingerprint density at radius 2 is 2.08 bits per heavy atom. The molecule has 0 aromatic heterocycles. The lowest BCUT2D eigenvalue weighted by molar-refractivity contribution is -0.176. The first kappa shape index (κ1) is 9.35. The lowest BCUT2D eigenvalue weighted by Crippen LogP contribution is -2.35. The Labute approximate surface area is 68.7 Å². The van der Waals surface area contributed by atoms with Gasteiger partial charge in [-0.05, 0) is 13.3 Å². The summed E-state index contributed by atoms with van der Waals surface area (Å²) in [6.07, 6.45) is -4.22. The van der Waals surface area contributed by atoms with Crippen molar-refractivity contribution in [3.8, 4) is 0 Å². The summed E-state index contributed by atoms with van der Waals surface area (Å²) in [5, 5.41) is 0. The van der Waals surface area contributed by atoms with Crippen LogP contribution in [-0.4, -0.2) is 18.1 Å². The quantitative estimate of drug-likeness (QED) is 0.605. The predicted molar refractivity (Wildman–Crippen MR) is 39.9 cm³/mol. The molecule has 2 unspecified atom stereocenters. The number of alkyl halides is 3. The Hall–Kier alpha value is -0.740. The van der Waals surface area contributed by atoms with Crippen LogP contribution in [-0.2, 0) is 0 Å². The number of amidine groups is 1. The molecule has 0 saturated heterocycles. The lowest BCUT2D eigenvalue weighted by atomic mass is 9.93. The number of hydrogen-bond donors (Lipinski definition) is 1. The molecule has 0 amide bonds. The van der Waals surface area contributed by atoms with Crippen LogP contribution in [0.15, 0.2) is 4.99 Å². The molecule has 0 aromatic carbocycles. The second kappa shape index (κ2) is 2.95. The molecule has 0 radical (unpaired) electrons. The van der Waals surface area contributed by atoms with Gasteiger partial charge in [0.15, 0.2) is 0 Å². The van der Waals surface area contributed by atoms with Crippen LogP contribution in [0.5, 0.6) is 0 Å². The molecule has 0 fully saturated rings. The third-order valence-corrected chi connectivity index (χ3v) is 1.93. The van der Waals surface area contributed by atoms with Crippen LogP contribution < -0.4 is 5.73 Å². The van der Waals surface area contributed by atoms with Crippen molar-refractivity contribution in [2.24, 2.45) is 16.6 Å². The van der Waals surface area contributed by atoms with Gasteiger partial charge < -0.3 is 5.73 Å². The van der Waals surface area contributed by atoms with Gasteiger partial charge in [-0.25, -0.2) is 0 Å². The highest BCUT2D eigenvalue weighted by atomic mass is 19.4. The van der Waals surface area contributed by atoms with E-state index in [0.29, 0.717) is 0 Å². The minimum Gasteiger partial charge on any atom is -0.387 e. The van der Waals surface area contributed by atoms with Crippen molar-refractivity contribution in [3.63, 3.8) is 0 Å². The summed E-state index contributed by atoms with van der Waals surface area (Å²) in [4.78, 5) is 3.84. The van der Waals surface area contributed by atoms with E-state index in [2.05, 4.69) is 4.99 Å². The molecule has 2 nitrogen and oxygen atoms in total. The van der Waals surface area contributed by atoms with Gasteiger partial charge in [0.2, 0.25) is 0 Å². The number of halogens is 3. The van der Waals surface area contributed by atoms with Gasteiger partial charge in [-0.2, -0.15) is 13.2 Å². The largest absolute Gasteiger partial charge is 0.392 e. The Morgan fingerprint density at radius 3 is 2.50 bits per heavy atom. The first-order valence-corrected chi connectivity index (χ1v) is 3.78. The molecule has 2 N–H and O–H groups in total. The monoisotopic (exact) mass is 180 g/mol. The van der Waals surface area contributed by atoms with Gasteiger partial charge in [-0.3, -0.25) is 4.99 Å². The third kappa shape index (κ3) is 2.12. The van der Waals surface area contributed by atoms with E-state index in [4.69, 9.17) is 5.73 Å². The molecule has 1 rings (SSSR count). The van der Waals surface area contributed by atoms with E-state index >= 15 is 0 Å². The van der Waals surface area contributed by atoms with E-state index in [1.54, 1.807) is 6.92 Å². The minimum absolute atomic E-state index is 0.0597. The second-order valence-corrected chi connectivity index (χ2v) is 3.15. The summed E-state index contributed by atoms with van der Waals surface area (Å²) in [5.74, 6) is -1.18. The van der Waals surface area contributed by atoms with E-state index in [-0.39, 0.29) is 24.7 Å². The normalized spacial score (nSPS) is 31.5. The molecule has 0 saturated carbocycles. The van der Waals surface area contributed by atoms with Crippen molar-refractivity contribution < 1.29 is 13.2 Å². The maximum Gasteiger partial charge on any atom is 0.392 e. The van der Waals surface area contributed by atoms with Crippen molar-refractivity contribution in [1.82, 2.24) is 0 Å². The molecule has 12 heavy (non-hydrogen) atoms. The van der Waals surface area contributed by atoms with Gasteiger partial charge in [0.05, 0.1) is 11.8 Å². The summed E-state index contributed by atoms with van der Waals surface area (Å²) < 4.78 is 36.5. The summed E-state index contributed by atoms with van der Waals surface area (Å²) in [7, 11) is 0. The van der Waals surface area contributed by atoms with Crippen LogP contribution in [0.25, 0.3) is 0 Å². The Balaban J connectivity index is 2.68. The highest BCUT2D eigenvalue weighted by Crippen LogP contribution is 2.34. The third-order valence-electron chi connectivity index (χ3n) is 1.93. The zero-order valence-corrected chi connectivity index (χ0v) is 6.73. The van der Waals surface area contributed by atoms with Crippen molar-refractivity contribution in [3.05, 3.63) is 0 Å². The average Bonchev–Trinajstić information content (AvgIpc) is 1.82. The van der Waals surface area contributed by atoms with Crippen molar-refractivity contribution >= 4 is 5.84 Å². The molecule has 5 heteroatoms. The van der Waals surface area contributed by atoms with Crippen molar-refractivity contribution in [2.75, 3.05) is 0 Å². The highest BCUT2D eigenvalue weighted by Gasteiger charge is 2.42. The standard InChI is InChI=1S/C7H11F3N2/c1-4-2-5(7(8,9)10)3-6(11)12-4/h4-5H,2-3H2,1H3,(H2,11,12). The van der Waals surface area contributed by atoms with E-state index in [1.165, 1.54) is 0 Å². The molecule has 1 aliphatic heterocycles. The summed E-state index contributed by atoms with van der Waals surface area (Å²) in [6.45, 7) is 1.64. The summed E-state index contributed by atoms with van der Waals surface area (Å²) in [5.41, 5.74) is 5.26. The molecule has 1 aliphatic rings. The van der Waals surface area contributed by atoms with Gasteiger partial charge in [0, 0.05) is 12.5 Å². The van der Waals surface area contributed by atoms with Gasteiger partial charge in [0.1, 0.15) is 0 Å². The lowest BCUT2D eigenvalue weighted by Gasteiger charge is -2.26. The van der Waals surface area contributed by atoms with Crippen LogP contribution in [0.4, 0.5) is 13.2 Å². The number of nitrogens with two attached hydrogens (primary N) is 1. The number of aliphatic imine (C=N–C) groups is 1. The fourth-order valence-electron chi connectivity index (χ4n) is 1.39. The zero-order chi connectivity index (χ0) is 9.35. The molecule has 70 valence electrons. The summed E-state index contributed by atoms with van der Waals surface area (Å²) >= 11 is 0. The smallest absolute Gasteiger partial charge is 0.387 e. The molecule has 0 aliphatic carbocycles. The molecule has 0 bridgehead atoms. The molecule has 2 atom stereocenters. The molecule has 1 heterocycles. The van der Waals surface area contributed by atoms with Crippen molar-refractivity contribution in [1.29, 1.82) is 0 Å². The van der Waals surface area contributed by atoms with Gasteiger partial charge in [0.25, 0.3) is 0 Å². The van der Waals surface area contributed by atoms with E-state index < -0.39 is 12.1 Å². The summed E-state index contributed by atoms with van der Waals surface area (Å²) in [6, 6.07) is -0.301. The number of hydrogen-bond acceptors (Lipinski definition) is 2. The maximum atomic E-state index is 12.2. The van der Waals surface area contributed by atoms with E-state index in [1.807, 2.05) is 0 Å². The van der Waals surface area contributed by atoms with Crippen LogP contribution in [0.3, 0.4) is 0 Å². The minimum atomic E-state index is -4.13. The van der Waals surface area contributed by atoms with Crippen LogP contribution in [0.1, 0.15) is 19.8 Å². The number of rotatable bonds is 0. The van der Waals surface area contributed by atoms with Crippen LogP contribution in [0.2, 0.25) is 0 Å². The fraction of sp³-hybridized carbons (Fsp3) is 0.857. The maximum absolute atomic E-state index is 12.2. The van der Waals surface area contributed by atoms with Gasteiger partial charge in [-0.1, -0.05) is 0 Å². The first-order chi connectivity index (χ1) is 5.39. The Kier molecular flexibility index (Phi) is 2.30. The molecular weight excluding hydrogens is 169 g/mol. The molecular formula is C7H11F3N2. The number of nitrogens with zero attached hydrogens (tertiary/aromatic N) is 1. The van der Waals surface area contributed by atoms with Gasteiger partial charge in [-0.15, -0.1) is 0 Å². The van der Waals surface area contributed by atoms with E-state index in [0.717, 1.165) is 0 Å². The predicted octanol–water partition coefficient (Wildman–Crippen LogP) is 1.70. The zero-order valence-electron chi connectivity index (χ0n) is 6.73. The second-order valence-electron chi connectivity index (χ2n) is 3.15.